The van der Waals surface area contributed by atoms with Gasteiger partial charge in [0.05, 0.1) is 37.6 Å². The van der Waals surface area contributed by atoms with Crippen LogP contribution in [0.2, 0.25) is 0 Å². The maximum atomic E-state index is 12.5. The number of aliphatic carboxylic acids is 1. The lowest BCUT2D eigenvalue weighted by molar-refractivity contribution is -0.149. The van der Waals surface area contributed by atoms with Gasteiger partial charge in [-0.2, -0.15) is 0 Å². The number of ether oxygens (including phenoxy) is 1. The predicted octanol–water partition coefficient (Wildman–Crippen LogP) is 7.96. The first-order valence-electron chi connectivity index (χ1n) is 24.8. The van der Waals surface area contributed by atoms with Crippen molar-refractivity contribution in [2.75, 3.05) is 19.8 Å². The highest BCUT2D eigenvalue weighted by molar-refractivity contribution is 5.85. The van der Waals surface area contributed by atoms with Crippen molar-refractivity contribution in [1.82, 2.24) is 0 Å². The third-order valence-corrected chi connectivity index (χ3v) is 15.2. The van der Waals surface area contributed by atoms with Gasteiger partial charge in [0, 0.05) is 54.8 Å². The zero-order valence-electron chi connectivity index (χ0n) is 39.1. The van der Waals surface area contributed by atoms with Crippen LogP contribution >= 0.6 is 0 Å². The molecule has 0 heterocycles. The highest BCUT2D eigenvalue weighted by Crippen LogP contribution is 2.50. The zero-order chi connectivity index (χ0) is 46.5. The Bertz CT molecular complexity index is 1430. The zero-order valence-corrected chi connectivity index (χ0v) is 39.1. The van der Waals surface area contributed by atoms with E-state index >= 15 is 0 Å². The highest BCUT2D eigenvalue weighted by atomic mass is 16.5. The van der Waals surface area contributed by atoms with Crippen molar-refractivity contribution >= 4 is 23.5 Å². The second-order valence-corrected chi connectivity index (χ2v) is 20.2. The van der Waals surface area contributed by atoms with Crippen molar-refractivity contribution in [3.05, 3.63) is 24.3 Å². The fraction of sp³-hybridized carbons (Fsp3) is 0.843. The Labute approximate surface area is 378 Å². The normalized spacial score (nSPS) is 26.3. The number of hydrogen-bond donors (Lipinski definition) is 7. The van der Waals surface area contributed by atoms with Crippen LogP contribution in [0.15, 0.2) is 24.3 Å². The van der Waals surface area contributed by atoms with Crippen molar-refractivity contribution in [2.24, 2.45) is 39.9 Å². The molecule has 8 atom stereocenters. The molecule has 0 saturated heterocycles. The molecular weight excluding hydrogens is 805 g/mol. The first-order chi connectivity index (χ1) is 30.1. The quantitative estimate of drug-likeness (QED) is 0.0208. The summed E-state index contributed by atoms with van der Waals surface area (Å²) in [5, 5.41) is 69.3. The van der Waals surface area contributed by atoms with E-state index in [1.54, 1.807) is 6.92 Å². The standard InChI is InChI=1S/C28H48O7.C23H38O5/c1-3-14-28(15-9-16-28)25(33)12-8-11-22-21(23(31)17-24(22)32)10-6-4-5-7-13-26(34)35-20-27(2,18-29)19-30;1-2-13-23(14-8-15-23)21(26)11-7-10-18-17(19(24)16-20(18)25)9-5-3-4-6-12-22(27)28/h8,11,21-22,24-25,29-30,32-33H,3-7,9-10,12-20H2,1-2H3;7,10,17-18,20-21,25-26H,2-6,8-9,11-16H2,1H3,(H,27,28)/b11-8+;10-7+/t21-,22-,24-,25?;17-,18-,20-,21?/m11/s1. The van der Waals surface area contributed by atoms with E-state index in [0.717, 1.165) is 103 Å². The number of hydrogen-bond acceptors (Lipinski definition) is 11. The lowest BCUT2D eigenvalue weighted by atomic mass is 9.62. The number of rotatable bonds is 30. The lowest BCUT2D eigenvalue weighted by Gasteiger charge is -2.45. The van der Waals surface area contributed by atoms with E-state index in [0.29, 0.717) is 32.1 Å². The molecule has 0 spiro atoms. The minimum Gasteiger partial charge on any atom is -0.481 e. The van der Waals surface area contributed by atoms with E-state index in [4.69, 9.17) is 9.84 Å². The van der Waals surface area contributed by atoms with Crippen LogP contribution in [0, 0.1) is 39.9 Å². The molecule has 0 aromatic carbocycles. The molecule has 12 heteroatoms. The topological polar surface area (TPSA) is 219 Å². The van der Waals surface area contributed by atoms with Gasteiger partial charge in [0.15, 0.2) is 0 Å². The van der Waals surface area contributed by atoms with Gasteiger partial charge in [0.2, 0.25) is 0 Å². The summed E-state index contributed by atoms with van der Waals surface area (Å²) in [5.41, 5.74) is -0.670. The number of aliphatic hydroxyl groups is 6. The highest BCUT2D eigenvalue weighted by Gasteiger charge is 2.44. The molecule has 63 heavy (non-hydrogen) atoms. The molecule has 4 rings (SSSR count). The molecule has 362 valence electrons. The summed E-state index contributed by atoms with van der Waals surface area (Å²) < 4.78 is 5.16. The monoisotopic (exact) mass is 891 g/mol. The van der Waals surface area contributed by atoms with Crippen molar-refractivity contribution in [3.8, 4) is 0 Å². The molecule has 4 saturated carbocycles. The molecule has 4 fully saturated rings. The van der Waals surface area contributed by atoms with Crippen LogP contribution in [0.25, 0.3) is 0 Å². The third kappa shape index (κ3) is 17.0. The number of unbranched alkanes of at least 4 members (excludes halogenated alkanes) is 6. The second-order valence-electron chi connectivity index (χ2n) is 20.2. The minimum absolute atomic E-state index is 0.00350. The molecule has 4 aliphatic rings. The Morgan fingerprint density at radius 3 is 1.48 bits per heavy atom. The number of esters is 1. The molecule has 0 aromatic rings. The van der Waals surface area contributed by atoms with Crippen LogP contribution in [0.4, 0.5) is 0 Å². The van der Waals surface area contributed by atoms with Crippen LogP contribution in [0.1, 0.15) is 188 Å². The molecule has 2 unspecified atom stereocenters. The fourth-order valence-electron chi connectivity index (χ4n) is 10.6. The van der Waals surface area contributed by atoms with Crippen molar-refractivity contribution in [1.29, 1.82) is 0 Å². The smallest absolute Gasteiger partial charge is 0.305 e. The molecule has 0 bridgehead atoms. The summed E-state index contributed by atoms with van der Waals surface area (Å²) in [6.45, 7) is 5.48. The van der Waals surface area contributed by atoms with Crippen LogP contribution < -0.4 is 0 Å². The summed E-state index contributed by atoms with van der Waals surface area (Å²) in [6, 6.07) is 0. The molecule has 0 radical (unpaired) electrons. The Hall–Kier alpha value is -2.48. The molecule has 0 aliphatic heterocycles. The average Bonchev–Trinajstić information content (AvgIpc) is 3.65. The average molecular weight is 891 g/mol. The minimum atomic E-state index is -0.814. The number of Topliss-reactive ketones (excluding diaryl/α,β-unsaturated/α-hetero) is 2. The van der Waals surface area contributed by atoms with Gasteiger partial charge in [-0.25, -0.2) is 0 Å². The summed E-state index contributed by atoms with van der Waals surface area (Å²) in [4.78, 5) is 47.2. The second kappa shape index (κ2) is 27.9. The number of aliphatic hydroxyl groups excluding tert-OH is 6. The lowest BCUT2D eigenvalue weighted by Crippen LogP contribution is -2.41. The predicted molar refractivity (Wildman–Crippen MR) is 243 cm³/mol. The van der Waals surface area contributed by atoms with Crippen LogP contribution in [0.5, 0.6) is 0 Å². The molecule has 4 aliphatic carbocycles. The summed E-state index contributed by atoms with van der Waals surface area (Å²) in [5.74, 6) is -1.49. The van der Waals surface area contributed by atoms with Crippen molar-refractivity contribution in [3.63, 3.8) is 0 Å². The van der Waals surface area contributed by atoms with Crippen molar-refractivity contribution < 1.29 is 59.7 Å². The van der Waals surface area contributed by atoms with E-state index in [1.165, 1.54) is 12.8 Å². The first-order valence-corrected chi connectivity index (χ1v) is 24.8. The third-order valence-electron chi connectivity index (χ3n) is 15.2. The number of carbonyl (C=O) groups excluding carboxylic acids is 3. The van der Waals surface area contributed by atoms with Gasteiger partial charge in [-0.1, -0.05) is 109 Å². The first kappa shape index (κ1) is 54.9. The summed E-state index contributed by atoms with van der Waals surface area (Å²) in [7, 11) is 0. The maximum absolute atomic E-state index is 12.5. The SMILES string of the molecule is CCCC1(C(O)C/C=C/[C@H]2[C@H](O)CC(=O)[C@@H]2CCCCCCC(=O)O)CCC1.CCCC1(C(O)C/C=C/[C@H]2[C@H](O)CC(=O)[C@@H]2CCCCCCC(=O)OCC(C)(CO)CO)CCC1. The Balaban J connectivity index is 0.000000344. The van der Waals surface area contributed by atoms with E-state index in [1.807, 2.05) is 24.3 Å². The fourth-order valence-corrected chi connectivity index (χ4v) is 10.6. The van der Waals surface area contributed by atoms with Gasteiger partial charge in [0.1, 0.15) is 18.2 Å². The van der Waals surface area contributed by atoms with E-state index in [2.05, 4.69) is 13.8 Å². The molecule has 7 N–H and O–H groups in total. The van der Waals surface area contributed by atoms with Gasteiger partial charge >= 0.3 is 11.9 Å². The van der Waals surface area contributed by atoms with E-state index < -0.39 is 23.6 Å². The van der Waals surface area contributed by atoms with E-state index in [-0.39, 0.29) is 103 Å². The molecule has 0 amide bonds. The maximum Gasteiger partial charge on any atom is 0.305 e. The number of ketones is 2. The largest absolute Gasteiger partial charge is 0.481 e. The van der Waals surface area contributed by atoms with Crippen molar-refractivity contribution in [2.45, 2.75) is 212 Å². The Kier molecular flexibility index (Phi) is 24.3. The number of carboxylic acids is 1. The van der Waals surface area contributed by atoms with Gasteiger partial charge in [-0.05, 0) is 87.9 Å². The number of carboxylic acid groups (broad SMARTS) is 1. The van der Waals surface area contributed by atoms with Gasteiger partial charge in [-0.3, -0.25) is 19.2 Å². The van der Waals surface area contributed by atoms with Crippen LogP contribution in [0.3, 0.4) is 0 Å². The van der Waals surface area contributed by atoms with Crippen LogP contribution in [-0.4, -0.2) is 103 Å². The Morgan fingerprint density at radius 1 is 0.698 bits per heavy atom. The van der Waals surface area contributed by atoms with Gasteiger partial charge in [0.25, 0.3) is 0 Å². The van der Waals surface area contributed by atoms with Crippen LogP contribution in [-0.2, 0) is 23.9 Å². The number of carbonyl (C=O) groups is 4. The van der Waals surface area contributed by atoms with Gasteiger partial charge in [-0.15, -0.1) is 0 Å². The summed E-state index contributed by atoms with van der Waals surface area (Å²) in [6.07, 6.45) is 27.2. The Morgan fingerprint density at radius 2 is 1.11 bits per heavy atom. The molecular formula is C51H86O12. The van der Waals surface area contributed by atoms with E-state index in [9.17, 15) is 49.8 Å². The molecule has 0 aromatic heterocycles. The van der Waals surface area contributed by atoms with Gasteiger partial charge < -0.3 is 40.5 Å². The molecule has 12 nitrogen and oxygen atoms in total. The summed E-state index contributed by atoms with van der Waals surface area (Å²) >= 11 is 0.